The second kappa shape index (κ2) is 6.17. The molecule has 0 aromatic rings. The van der Waals surface area contributed by atoms with Gasteiger partial charge in [0.1, 0.15) is 0 Å². The van der Waals surface area contributed by atoms with Crippen molar-refractivity contribution in [2.24, 2.45) is 5.73 Å². The first-order valence-corrected chi connectivity index (χ1v) is 8.32. The van der Waals surface area contributed by atoms with Crippen molar-refractivity contribution in [1.82, 2.24) is 4.90 Å². The van der Waals surface area contributed by atoms with Crippen LogP contribution >= 0.6 is 22.6 Å². The molecule has 0 bridgehead atoms. The molecule has 0 radical (unpaired) electrons. The first-order valence-electron chi connectivity index (χ1n) is 6.79. The van der Waals surface area contributed by atoms with E-state index in [1.807, 2.05) is 7.11 Å². The standard InChI is InChI=1S/C13H25IN2O/c1-17-12-2-6-13(10-14,7-3-12)16-8-4-11(15)5-9-16/h11-12H,2-10,15H2,1H3. The fourth-order valence-corrected chi connectivity index (χ4v) is 4.52. The average molecular weight is 352 g/mol. The van der Waals surface area contributed by atoms with E-state index < -0.39 is 0 Å². The van der Waals surface area contributed by atoms with E-state index in [1.54, 1.807) is 0 Å². The van der Waals surface area contributed by atoms with Crippen molar-refractivity contribution >= 4 is 22.6 Å². The largest absolute Gasteiger partial charge is 0.381 e. The van der Waals surface area contributed by atoms with E-state index in [9.17, 15) is 0 Å². The summed E-state index contributed by atoms with van der Waals surface area (Å²) >= 11 is 2.57. The average Bonchev–Trinajstić information content (AvgIpc) is 2.40. The van der Waals surface area contributed by atoms with Crippen molar-refractivity contribution in [3.05, 3.63) is 0 Å². The number of hydrogen-bond donors (Lipinski definition) is 1. The summed E-state index contributed by atoms with van der Waals surface area (Å²) in [4.78, 5) is 2.72. The van der Waals surface area contributed by atoms with Gasteiger partial charge in [-0.05, 0) is 38.5 Å². The zero-order chi connectivity index (χ0) is 12.3. The smallest absolute Gasteiger partial charge is 0.0572 e. The van der Waals surface area contributed by atoms with Crippen LogP contribution in [0.15, 0.2) is 0 Å². The van der Waals surface area contributed by atoms with Crippen molar-refractivity contribution in [2.75, 3.05) is 24.6 Å². The lowest BCUT2D eigenvalue weighted by molar-refractivity contribution is -0.00744. The Balaban J connectivity index is 1.95. The topological polar surface area (TPSA) is 38.5 Å². The lowest BCUT2D eigenvalue weighted by atomic mass is 9.79. The first kappa shape index (κ1) is 14.0. The van der Waals surface area contributed by atoms with E-state index >= 15 is 0 Å². The van der Waals surface area contributed by atoms with Crippen LogP contribution in [0, 0.1) is 0 Å². The molecule has 0 amide bonds. The van der Waals surface area contributed by atoms with Crippen LogP contribution in [-0.4, -0.2) is 47.2 Å². The summed E-state index contributed by atoms with van der Waals surface area (Å²) in [7, 11) is 1.85. The van der Waals surface area contributed by atoms with E-state index in [2.05, 4.69) is 27.5 Å². The van der Waals surface area contributed by atoms with Crippen LogP contribution in [0.25, 0.3) is 0 Å². The molecular weight excluding hydrogens is 327 g/mol. The summed E-state index contributed by atoms with van der Waals surface area (Å²) in [6, 6.07) is 0.438. The van der Waals surface area contributed by atoms with Gasteiger partial charge in [-0.1, -0.05) is 22.6 Å². The molecule has 1 saturated heterocycles. The predicted molar refractivity (Wildman–Crippen MR) is 79.7 cm³/mol. The highest BCUT2D eigenvalue weighted by Gasteiger charge is 2.40. The van der Waals surface area contributed by atoms with Gasteiger partial charge in [0.15, 0.2) is 0 Å². The molecule has 2 rings (SSSR count). The molecule has 1 aliphatic carbocycles. The summed E-state index contributed by atoms with van der Waals surface area (Å²) in [5, 5.41) is 0. The number of methoxy groups -OCH3 is 1. The van der Waals surface area contributed by atoms with Crippen LogP contribution < -0.4 is 5.73 Å². The number of ether oxygens (including phenoxy) is 1. The molecule has 2 fully saturated rings. The van der Waals surface area contributed by atoms with Crippen molar-refractivity contribution in [1.29, 1.82) is 0 Å². The number of hydrogen-bond acceptors (Lipinski definition) is 3. The van der Waals surface area contributed by atoms with Crippen molar-refractivity contribution in [3.63, 3.8) is 0 Å². The second-order valence-electron chi connectivity index (χ2n) is 5.62. The number of nitrogens with two attached hydrogens (primary N) is 1. The maximum Gasteiger partial charge on any atom is 0.0572 e. The molecule has 100 valence electrons. The summed E-state index contributed by atoms with van der Waals surface area (Å²) in [6.45, 7) is 2.39. The van der Waals surface area contributed by atoms with Gasteiger partial charge in [0, 0.05) is 36.2 Å². The van der Waals surface area contributed by atoms with Gasteiger partial charge in [-0.2, -0.15) is 0 Å². The molecule has 1 saturated carbocycles. The molecule has 0 spiro atoms. The van der Waals surface area contributed by atoms with E-state index in [0.717, 1.165) is 0 Å². The number of piperidine rings is 1. The van der Waals surface area contributed by atoms with Crippen LogP contribution in [0.3, 0.4) is 0 Å². The number of alkyl halides is 1. The molecule has 4 heteroatoms. The minimum Gasteiger partial charge on any atom is -0.381 e. The Morgan fingerprint density at radius 3 is 2.29 bits per heavy atom. The van der Waals surface area contributed by atoms with Gasteiger partial charge in [0.2, 0.25) is 0 Å². The summed E-state index contributed by atoms with van der Waals surface area (Å²) in [5.41, 5.74) is 6.45. The van der Waals surface area contributed by atoms with E-state index in [1.165, 1.54) is 56.0 Å². The maximum atomic E-state index is 6.01. The number of likely N-dealkylation sites (tertiary alicyclic amines) is 1. The van der Waals surface area contributed by atoms with Crippen LogP contribution in [-0.2, 0) is 4.74 Å². The van der Waals surface area contributed by atoms with E-state index in [-0.39, 0.29) is 0 Å². The SMILES string of the molecule is COC1CCC(CI)(N2CCC(N)CC2)CC1. The molecule has 1 heterocycles. The van der Waals surface area contributed by atoms with Crippen molar-refractivity contribution < 1.29 is 4.74 Å². The third kappa shape index (κ3) is 3.14. The van der Waals surface area contributed by atoms with E-state index in [0.29, 0.717) is 17.7 Å². The van der Waals surface area contributed by atoms with Gasteiger partial charge in [0.25, 0.3) is 0 Å². The quantitative estimate of drug-likeness (QED) is 0.625. The van der Waals surface area contributed by atoms with Crippen LogP contribution in [0.1, 0.15) is 38.5 Å². The molecule has 2 N–H and O–H groups in total. The predicted octanol–water partition coefficient (Wildman–Crippen LogP) is 2.17. The molecule has 0 aromatic heterocycles. The lowest BCUT2D eigenvalue weighted by Crippen LogP contribution is -2.56. The summed E-state index contributed by atoms with van der Waals surface area (Å²) in [5.74, 6) is 0. The van der Waals surface area contributed by atoms with Crippen molar-refractivity contribution in [2.45, 2.75) is 56.2 Å². The monoisotopic (exact) mass is 352 g/mol. The van der Waals surface area contributed by atoms with E-state index in [4.69, 9.17) is 10.5 Å². The molecule has 1 aliphatic heterocycles. The number of nitrogens with zero attached hydrogens (tertiary/aromatic N) is 1. The lowest BCUT2D eigenvalue weighted by Gasteiger charge is -2.49. The highest BCUT2D eigenvalue weighted by atomic mass is 127. The van der Waals surface area contributed by atoms with Gasteiger partial charge >= 0.3 is 0 Å². The molecular formula is C13H25IN2O. The summed E-state index contributed by atoms with van der Waals surface area (Å²) in [6.07, 6.45) is 7.88. The Bertz CT molecular complexity index is 234. The van der Waals surface area contributed by atoms with Crippen LogP contribution in [0.5, 0.6) is 0 Å². The zero-order valence-corrected chi connectivity index (χ0v) is 13.0. The molecule has 17 heavy (non-hydrogen) atoms. The van der Waals surface area contributed by atoms with Gasteiger partial charge in [0.05, 0.1) is 6.10 Å². The van der Waals surface area contributed by atoms with Crippen LogP contribution in [0.2, 0.25) is 0 Å². The van der Waals surface area contributed by atoms with Gasteiger partial charge < -0.3 is 10.5 Å². The molecule has 3 nitrogen and oxygen atoms in total. The van der Waals surface area contributed by atoms with Gasteiger partial charge in [-0.15, -0.1) is 0 Å². The minimum absolute atomic E-state index is 0.438. The number of halogens is 1. The maximum absolute atomic E-state index is 6.01. The molecule has 0 aromatic carbocycles. The van der Waals surface area contributed by atoms with Gasteiger partial charge in [-0.3, -0.25) is 4.90 Å². The Kier molecular flexibility index (Phi) is 5.09. The number of rotatable bonds is 3. The summed E-state index contributed by atoms with van der Waals surface area (Å²) < 4.78 is 6.74. The minimum atomic E-state index is 0.438. The zero-order valence-electron chi connectivity index (χ0n) is 10.8. The Hall–Kier alpha value is 0.610. The fourth-order valence-electron chi connectivity index (χ4n) is 3.27. The third-order valence-electron chi connectivity index (χ3n) is 4.66. The first-order chi connectivity index (χ1) is 8.20. The molecule has 0 unspecified atom stereocenters. The molecule has 2 aliphatic rings. The second-order valence-corrected chi connectivity index (χ2v) is 6.38. The Morgan fingerprint density at radius 1 is 1.24 bits per heavy atom. The normalized spacial score (nSPS) is 37.2. The fraction of sp³-hybridized carbons (Fsp3) is 1.00. The van der Waals surface area contributed by atoms with Crippen LogP contribution in [0.4, 0.5) is 0 Å². The Labute approximate surface area is 119 Å². The third-order valence-corrected chi connectivity index (χ3v) is 6.08. The highest BCUT2D eigenvalue weighted by molar-refractivity contribution is 14.1. The van der Waals surface area contributed by atoms with Gasteiger partial charge in [-0.25, -0.2) is 0 Å². The Morgan fingerprint density at radius 2 is 1.82 bits per heavy atom. The van der Waals surface area contributed by atoms with Crippen molar-refractivity contribution in [3.8, 4) is 0 Å². The highest BCUT2D eigenvalue weighted by Crippen LogP contribution is 2.37. The molecule has 0 atom stereocenters.